The van der Waals surface area contributed by atoms with E-state index < -0.39 is 0 Å². The molecule has 17 aromatic heterocycles. The molecule has 28 nitrogen and oxygen atoms in total. The molecule has 0 aliphatic carbocycles. The van der Waals surface area contributed by atoms with Crippen molar-refractivity contribution in [1.29, 1.82) is 0 Å². The molecule has 1 aliphatic rings. The number of fused-ring (bicyclic) bond motifs is 10. The van der Waals surface area contributed by atoms with Crippen molar-refractivity contribution in [3.8, 4) is 0 Å². The molecule has 10 N–H and O–H groups in total. The van der Waals surface area contributed by atoms with Crippen molar-refractivity contribution >= 4 is 99.0 Å². The number of benzene rings is 2. The van der Waals surface area contributed by atoms with Gasteiger partial charge in [0.15, 0.2) is 11.3 Å². The Balaban J connectivity index is -0.000000147. The number of rotatable bonds is 0. The van der Waals surface area contributed by atoms with Gasteiger partial charge in [0.25, 0.3) is 0 Å². The van der Waals surface area contributed by atoms with E-state index in [1.807, 2.05) is 399 Å². The zero-order chi connectivity index (χ0) is 101. The molecule has 0 saturated carbocycles. The Hall–Kier alpha value is -13.2. The molecule has 722 valence electrons. The van der Waals surface area contributed by atoms with Crippen LogP contribution in [0.1, 0.15) is 288 Å². The summed E-state index contributed by atoms with van der Waals surface area (Å²) in [6.45, 7) is 82.1. The molecule has 0 bridgehead atoms. The second kappa shape index (κ2) is 112. The van der Waals surface area contributed by atoms with Crippen molar-refractivity contribution in [3.05, 3.63) is 256 Å². The Morgan fingerprint density at radius 3 is 1.12 bits per heavy atom. The minimum Gasteiger partial charge on any atom is -0.360 e. The molecule has 19 aromatic rings. The first-order valence-electron chi connectivity index (χ1n) is 47.6. The zero-order valence-electron chi connectivity index (χ0n) is 87.6. The maximum Gasteiger partial charge on any atom is 0.201 e. The summed E-state index contributed by atoms with van der Waals surface area (Å²) in [7, 11) is 0. The Labute approximate surface area is 783 Å². The molecule has 0 atom stereocenters. The van der Waals surface area contributed by atoms with E-state index in [0.29, 0.717) is 5.65 Å². The molecule has 0 saturated heterocycles. The summed E-state index contributed by atoms with van der Waals surface area (Å²) in [6, 6.07) is 41.3. The monoisotopic (exact) mass is 1790 g/mol. The van der Waals surface area contributed by atoms with E-state index in [-0.39, 0.29) is 0 Å². The highest BCUT2D eigenvalue weighted by atomic mass is 15.3. The highest BCUT2D eigenvalue weighted by Gasteiger charge is 2.06. The predicted molar refractivity (Wildman–Crippen MR) is 569 cm³/mol. The number of hydrogen-bond donors (Lipinski definition) is 10. The van der Waals surface area contributed by atoms with E-state index in [1.165, 1.54) is 22.8 Å². The van der Waals surface area contributed by atoms with Crippen LogP contribution in [0.15, 0.2) is 245 Å². The van der Waals surface area contributed by atoms with Gasteiger partial charge in [0.2, 0.25) is 5.65 Å². The molecule has 0 fully saturated rings. The van der Waals surface area contributed by atoms with E-state index >= 15 is 0 Å². The third-order valence-electron chi connectivity index (χ3n) is 12.8. The fraction of sp³-hybridized carbons (Fsp3) is 0.412. The number of aromatic nitrogens is 27. The highest BCUT2D eigenvalue weighted by Crippen LogP contribution is 2.14. The van der Waals surface area contributed by atoms with E-state index in [1.54, 1.807) is 93.0 Å². The summed E-state index contributed by atoms with van der Waals surface area (Å²) >= 11 is 0. The van der Waals surface area contributed by atoms with Crippen LogP contribution in [0.3, 0.4) is 0 Å². The number of H-pyrrole nitrogens is 9. The largest absolute Gasteiger partial charge is 0.360 e. The number of nitrogens with zero attached hydrogens (tertiary/aromatic N) is 18. The second-order valence-corrected chi connectivity index (χ2v) is 18.7. The van der Waals surface area contributed by atoms with E-state index in [4.69, 9.17) is 0 Å². The summed E-state index contributed by atoms with van der Waals surface area (Å²) in [5, 5.41) is 63.2. The number of para-hydroxylation sites is 2. The minimum atomic E-state index is 0.664. The maximum absolute atomic E-state index is 4.09. The van der Waals surface area contributed by atoms with Gasteiger partial charge in [-0.2, -0.15) is 51.2 Å². The SMILES string of the molecule is CC.CC.CC.CC.CC.CC.CC.CC.CC.CC.CC.CC.CC.CC.CC.CC.CC.CC.CC.CC.c1cc2[nH]ncc2cn1.c1cc2cc[nH]c2cn1.c1cc2cn[nH]c2cn1.c1ccc2c(c1)CNC2.c1ccc2n[nH]nc2c1.c1cnc2[nH]ccc2c1.c1cnc2[nH]ncc2c1.c1cnc2cn[nH]c2c1.c1cnc2n[nH]nc2c1.c1ncc2cn[nH]c2n1. The molecule has 1 aliphatic heterocycles. The highest BCUT2D eigenvalue weighted by molar-refractivity contribution is 5.79. The van der Waals surface area contributed by atoms with Crippen molar-refractivity contribution < 1.29 is 0 Å². The van der Waals surface area contributed by atoms with Crippen molar-refractivity contribution in [2.75, 3.05) is 0 Å². The first-order valence-corrected chi connectivity index (χ1v) is 47.6. The normalized spacial score (nSPS) is 8.37. The molecule has 28 heteroatoms. The van der Waals surface area contributed by atoms with Crippen LogP contribution in [0.5, 0.6) is 0 Å². The fourth-order valence-corrected chi connectivity index (χ4v) is 8.30. The molecular formula is C102H174N28. The molecule has 18 heterocycles. The van der Waals surface area contributed by atoms with Gasteiger partial charge < -0.3 is 15.3 Å². The van der Waals surface area contributed by atoms with Gasteiger partial charge in [-0.15, -0.1) is 5.10 Å². The number of nitrogens with one attached hydrogen (secondary N) is 10. The van der Waals surface area contributed by atoms with Gasteiger partial charge >= 0.3 is 0 Å². The van der Waals surface area contributed by atoms with Crippen LogP contribution in [0.4, 0.5) is 0 Å². The number of pyridine rings is 7. The Morgan fingerprint density at radius 2 is 0.600 bits per heavy atom. The molecule has 2 aromatic carbocycles. The van der Waals surface area contributed by atoms with Crippen LogP contribution >= 0.6 is 0 Å². The zero-order valence-corrected chi connectivity index (χ0v) is 87.6. The van der Waals surface area contributed by atoms with E-state index in [0.717, 1.165) is 101 Å². The third-order valence-corrected chi connectivity index (χ3v) is 12.8. The van der Waals surface area contributed by atoms with Crippen molar-refractivity contribution in [3.63, 3.8) is 0 Å². The third kappa shape index (κ3) is 60.4. The van der Waals surface area contributed by atoms with Crippen LogP contribution in [0, 0.1) is 0 Å². The van der Waals surface area contributed by atoms with Crippen LogP contribution in [-0.2, 0) is 13.1 Å². The minimum absolute atomic E-state index is 0.664. The van der Waals surface area contributed by atoms with Crippen LogP contribution in [-0.4, -0.2) is 137 Å². The fourth-order valence-electron chi connectivity index (χ4n) is 8.30. The first kappa shape index (κ1) is 137. The van der Waals surface area contributed by atoms with Crippen molar-refractivity contribution in [2.45, 2.75) is 290 Å². The maximum atomic E-state index is 4.09. The lowest BCUT2D eigenvalue weighted by Gasteiger charge is -1.91. The predicted octanol–water partition coefficient (Wildman–Crippen LogP) is 30.4. The van der Waals surface area contributed by atoms with Crippen molar-refractivity contribution in [2.24, 2.45) is 0 Å². The van der Waals surface area contributed by atoms with Crippen LogP contribution in [0.25, 0.3) is 99.0 Å². The Morgan fingerprint density at radius 1 is 0.215 bits per heavy atom. The van der Waals surface area contributed by atoms with E-state index in [2.05, 4.69) is 166 Å². The number of aromatic amines is 9. The van der Waals surface area contributed by atoms with Gasteiger partial charge in [0.05, 0.1) is 70.8 Å². The van der Waals surface area contributed by atoms with Crippen molar-refractivity contribution in [1.82, 2.24) is 142 Å². The summed E-state index contributed by atoms with van der Waals surface area (Å²) in [5.41, 5.74) is 13.8. The Bertz CT molecular complexity index is 3950. The summed E-state index contributed by atoms with van der Waals surface area (Å²) in [4.78, 5) is 41.7. The van der Waals surface area contributed by atoms with Crippen LogP contribution < -0.4 is 5.32 Å². The summed E-state index contributed by atoms with van der Waals surface area (Å²) < 4.78 is 0. The van der Waals surface area contributed by atoms with Gasteiger partial charge in [-0.05, 0) is 102 Å². The molecule has 0 spiro atoms. The lowest BCUT2D eigenvalue weighted by atomic mass is 10.1. The summed E-state index contributed by atoms with van der Waals surface area (Å²) in [5.74, 6) is 0. The van der Waals surface area contributed by atoms with Gasteiger partial charge in [-0.1, -0.05) is 313 Å². The molecular weight excluding hydrogens is 1620 g/mol. The lowest BCUT2D eigenvalue weighted by Crippen LogP contribution is -1.99. The van der Waals surface area contributed by atoms with E-state index in [9.17, 15) is 0 Å². The quantitative estimate of drug-likeness (QED) is 0.0674. The molecule has 20 rings (SSSR count). The smallest absolute Gasteiger partial charge is 0.201 e. The second-order valence-electron chi connectivity index (χ2n) is 18.7. The van der Waals surface area contributed by atoms with Gasteiger partial charge in [0.1, 0.15) is 34.0 Å². The van der Waals surface area contributed by atoms with Gasteiger partial charge in [0, 0.05) is 108 Å². The molecule has 0 unspecified atom stereocenters. The average Bonchev–Trinajstić information content (AvgIpc) is 1.83. The van der Waals surface area contributed by atoms with Crippen LogP contribution in [0.2, 0.25) is 0 Å². The molecule has 0 radical (unpaired) electrons. The Kier molecular flexibility index (Phi) is 118. The number of hydrogen-bond acceptors (Lipinski definition) is 19. The topological polar surface area (TPSA) is 386 Å². The van der Waals surface area contributed by atoms with Gasteiger partial charge in [-0.25, -0.2) is 24.9 Å². The summed E-state index contributed by atoms with van der Waals surface area (Å²) in [6.07, 6.45) is 33.2. The molecule has 130 heavy (non-hydrogen) atoms. The lowest BCUT2D eigenvalue weighted by molar-refractivity contribution is 0.765. The first-order chi connectivity index (χ1) is 64.7. The van der Waals surface area contributed by atoms with Gasteiger partial charge in [-0.3, -0.25) is 45.4 Å². The average molecular weight is 1790 g/mol. The standard InChI is InChI=1S/C8H9N.2C7H6N2.5C6H5N3.2C5H4N4.20C2H6/c1-2-4-8-6-9-5-7(8)3-1;1-3-8-5-7-6(1)2-4-9-7;1-2-6-3-5-9-7(6)8-4-1;1-2-7-3-5-4-8-9-6(1)5;1-2-7-4-6-5(1)3-8-9-6;1-2-5-6(7-3-1)4-8-9-5;1-2-5-4-8-9-6(5)7-3-1;1-2-4-6-5(3-1)7-9-8-6;1-4-2-8-9-5(4)7-3-6-1;1-2-4-5(6-3-1)8-9-7-4;20*1-2/h1-4,9H,5-6H2;1-5,9H;1-5H,(H,8,9);3*1-4H,(H,8,9);2*1-4H,(H,7,8,9);2*1-3H,(H,6,7,8,9);20*1-2H3. The molecule has 0 amide bonds.